The third-order valence-electron chi connectivity index (χ3n) is 2.07. The minimum Gasteiger partial charge on any atom is -0.106 e. The maximum Gasteiger partial charge on any atom is -0.0443 e. The Hall–Kier alpha value is -0.260. The number of hydrogen-bond acceptors (Lipinski definition) is 0. The van der Waals surface area contributed by atoms with Crippen molar-refractivity contribution < 1.29 is 0 Å². The molecule has 0 saturated heterocycles. The molecule has 13 heavy (non-hydrogen) atoms. The molecular weight excluding hydrogens is 156 g/mol. The van der Waals surface area contributed by atoms with Gasteiger partial charge < -0.3 is 0 Å². The van der Waals surface area contributed by atoms with E-state index >= 15 is 0 Å². The third-order valence-corrected chi connectivity index (χ3v) is 2.07. The highest BCUT2D eigenvalue weighted by Crippen LogP contribution is 2.26. The average Bonchev–Trinajstić information content (AvgIpc) is 2.93. The van der Waals surface area contributed by atoms with Crippen LogP contribution in [0, 0.1) is 5.92 Å². The quantitative estimate of drug-likeness (QED) is 0.416. The van der Waals surface area contributed by atoms with Crippen LogP contribution in [0.3, 0.4) is 0 Å². The van der Waals surface area contributed by atoms with Gasteiger partial charge in [0.1, 0.15) is 0 Å². The monoisotopic (exact) mass is 184 g/mol. The van der Waals surface area contributed by atoms with Gasteiger partial charge in [0.25, 0.3) is 0 Å². The summed E-state index contributed by atoms with van der Waals surface area (Å²) < 4.78 is 0. The standard InChI is InChI=1S/C7H16.C4H8.C2H4/c1-3-5-7-6-4-2;1-4-2-3-4;1-2/h3-7H2,1-2H3;4H,2-3H2,1H3;1-2H2. The van der Waals surface area contributed by atoms with E-state index in [9.17, 15) is 0 Å². The molecule has 0 bridgehead atoms. The molecule has 0 spiro atoms. The van der Waals surface area contributed by atoms with E-state index in [-0.39, 0.29) is 0 Å². The van der Waals surface area contributed by atoms with Crippen molar-refractivity contribution in [3.63, 3.8) is 0 Å². The first kappa shape index (κ1) is 15.2. The van der Waals surface area contributed by atoms with Gasteiger partial charge >= 0.3 is 0 Å². The van der Waals surface area contributed by atoms with Gasteiger partial charge in [-0.25, -0.2) is 0 Å². The van der Waals surface area contributed by atoms with Gasteiger partial charge in [-0.2, -0.15) is 0 Å². The molecule has 0 unspecified atom stereocenters. The summed E-state index contributed by atoms with van der Waals surface area (Å²) in [5.74, 6) is 1.08. The molecule has 0 amide bonds. The van der Waals surface area contributed by atoms with Gasteiger partial charge in [0, 0.05) is 0 Å². The van der Waals surface area contributed by atoms with E-state index in [4.69, 9.17) is 0 Å². The average molecular weight is 184 g/mol. The van der Waals surface area contributed by atoms with Crippen LogP contribution in [0.2, 0.25) is 0 Å². The first-order valence-electron chi connectivity index (χ1n) is 5.81. The normalized spacial score (nSPS) is 13.5. The largest absolute Gasteiger partial charge is 0.106 e. The predicted molar refractivity (Wildman–Crippen MR) is 64.1 cm³/mol. The summed E-state index contributed by atoms with van der Waals surface area (Å²) in [7, 11) is 0. The second kappa shape index (κ2) is 14.3. The maximum atomic E-state index is 3.00. The maximum absolute atomic E-state index is 3.00. The predicted octanol–water partition coefficient (Wildman–Crippen LogP) is 5.20. The Bertz CT molecular complexity index is 68.1. The summed E-state index contributed by atoms with van der Waals surface area (Å²) >= 11 is 0. The molecule has 0 nitrogen and oxygen atoms in total. The van der Waals surface area contributed by atoms with Crippen LogP contribution in [0.15, 0.2) is 13.2 Å². The summed E-state index contributed by atoms with van der Waals surface area (Å²) in [4.78, 5) is 0. The Kier molecular flexibility index (Phi) is 16.7. The summed E-state index contributed by atoms with van der Waals surface area (Å²) in [6.07, 6.45) is 9.98. The molecule has 1 aliphatic carbocycles. The SMILES string of the molecule is C=C.CC1CC1.CCCCCCC. The Labute approximate surface area is 85.4 Å². The molecule has 0 N–H and O–H groups in total. The van der Waals surface area contributed by atoms with Crippen LogP contribution < -0.4 is 0 Å². The lowest BCUT2D eigenvalue weighted by atomic mass is 10.2. The lowest BCUT2D eigenvalue weighted by Crippen LogP contribution is -1.70. The molecule has 0 aromatic carbocycles. The van der Waals surface area contributed by atoms with Gasteiger partial charge in [-0.05, 0) is 5.92 Å². The third kappa shape index (κ3) is 24.5. The first-order chi connectivity index (χ1) is 6.31. The lowest BCUT2D eigenvalue weighted by Gasteiger charge is -1.90. The van der Waals surface area contributed by atoms with Crippen molar-refractivity contribution >= 4 is 0 Å². The zero-order chi connectivity index (χ0) is 10.5. The van der Waals surface area contributed by atoms with Gasteiger partial charge in [0.2, 0.25) is 0 Å². The molecule has 0 aromatic rings. The van der Waals surface area contributed by atoms with Gasteiger partial charge in [-0.3, -0.25) is 0 Å². The van der Waals surface area contributed by atoms with Crippen LogP contribution >= 0.6 is 0 Å². The smallest absolute Gasteiger partial charge is 0.0443 e. The second-order valence-electron chi connectivity index (χ2n) is 3.74. The van der Waals surface area contributed by atoms with E-state index in [2.05, 4.69) is 33.9 Å². The molecule has 80 valence electrons. The molecule has 0 atom stereocenters. The van der Waals surface area contributed by atoms with Crippen molar-refractivity contribution in [1.82, 2.24) is 0 Å². The van der Waals surface area contributed by atoms with Gasteiger partial charge in [-0.15, -0.1) is 13.2 Å². The number of hydrogen-bond donors (Lipinski definition) is 0. The van der Waals surface area contributed by atoms with Gasteiger partial charge in [-0.1, -0.05) is 65.7 Å². The summed E-state index contributed by atoms with van der Waals surface area (Å²) in [6, 6.07) is 0. The highest BCUT2D eigenvalue weighted by molar-refractivity contribution is 4.65. The van der Waals surface area contributed by atoms with Crippen molar-refractivity contribution in [2.75, 3.05) is 0 Å². The first-order valence-corrected chi connectivity index (χ1v) is 5.81. The zero-order valence-corrected chi connectivity index (χ0v) is 9.94. The van der Waals surface area contributed by atoms with Crippen LogP contribution in [0.4, 0.5) is 0 Å². The van der Waals surface area contributed by atoms with Crippen molar-refractivity contribution in [2.24, 2.45) is 5.92 Å². The van der Waals surface area contributed by atoms with Crippen LogP contribution in [0.1, 0.15) is 65.7 Å². The molecule has 0 aromatic heterocycles. The molecule has 1 aliphatic rings. The molecule has 0 heteroatoms. The van der Waals surface area contributed by atoms with E-state index in [1.54, 1.807) is 0 Å². The zero-order valence-electron chi connectivity index (χ0n) is 9.94. The van der Waals surface area contributed by atoms with Crippen molar-refractivity contribution in [2.45, 2.75) is 65.7 Å². The molecular formula is C13H28. The van der Waals surface area contributed by atoms with Crippen LogP contribution in [-0.2, 0) is 0 Å². The molecule has 0 heterocycles. The van der Waals surface area contributed by atoms with Crippen molar-refractivity contribution in [3.05, 3.63) is 13.2 Å². The Morgan fingerprint density at radius 3 is 1.38 bits per heavy atom. The van der Waals surface area contributed by atoms with E-state index in [0.717, 1.165) is 5.92 Å². The molecule has 0 aliphatic heterocycles. The van der Waals surface area contributed by atoms with Gasteiger partial charge in [0.05, 0.1) is 0 Å². The number of unbranched alkanes of at least 4 members (excludes halogenated alkanes) is 4. The topological polar surface area (TPSA) is 0 Å². The summed E-state index contributed by atoms with van der Waals surface area (Å²) in [5, 5.41) is 0. The van der Waals surface area contributed by atoms with E-state index in [1.807, 2.05) is 0 Å². The molecule has 1 fully saturated rings. The van der Waals surface area contributed by atoms with Crippen LogP contribution in [-0.4, -0.2) is 0 Å². The fourth-order valence-corrected chi connectivity index (χ4v) is 0.843. The summed E-state index contributed by atoms with van der Waals surface area (Å²) in [5.41, 5.74) is 0. The lowest BCUT2D eigenvalue weighted by molar-refractivity contribution is 0.656. The van der Waals surface area contributed by atoms with Crippen LogP contribution in [0.5, 0.6) is 0 Å². The van der Waals surface area contributed by atoms with E-state index in [1.165, 1.54) is 44.9 Å². The molecule has 1 saturated carbocycles. The fourth-order valence-electron chi connectivity index (χ4n) is 0.843. The molecule has 1 rings (SSSR count). The van der Waals surface area contributed by atoms with E-state index in [0.29, 0.717) is 0 Å². The fraction of sp³-hybridized carbons (Fsp3) is 0.846. The highest BCUT2D eigenvalue weighted by atomic mass is 14.2. The van der Waals surface area contributed by atoms with Gasteiger partial charge in [0.15, 0.2) is 0 Å². The Morgan fingerprint density at radius 2 is 1.23 bits per heavy atom. The Morgan fingerprint density at radius 1 is 0.923 bits per heavy atom. The minimum absolute atomic E-state index is 1.08. The summed E-state index contributed by atoms with van der Waals surface area (Å²) in [6.45, 7) is 12.8. The number of rotatable bonds is 4. The second-order valence-corrected chi connectivity index (χ2v) is 3.74. The van der Waals surface area contributed by atoms with E-state index < -0.39 is 0 Å². The Balaban J connectivity index is 0. The minimum atomic E-state index is 1.08. The van der Waals surface area contributed by atoms with Crippen molar-refractivity contribution in [1.29, 1.82) is 0 Å². The highest BCUT2D eigenvalue weighted by Gasteiger charge is 2.12. The van der Waals surface area contributed by atoms with Crippen LogP contribution in [0.25, 0.3) is 0 Å². The molecule has 0 radical (unpaired) electrons. The van der Waals surface area contributed by atoms with Crippen molar-refractivity contribution in [3.8, 4) is 0 Å².